The lowest BCUT2D eigenvalue weighted by Crippen LogP contribution is -2.65. The van der Waals surface area contributed by atoms with Gasteiger partial charge in [0.2, 0.25) is 5.91 Å². The third-order valence-electron chi connectivity index (χ3n) is 7.39. The smallest absolute Gasteiger partial charge is 0.271 e. The predicted molar refractivity (Wildman–Crippen MR) is 145 cm³/mol. The van der Waals surface area contributed by atoms with E-state index in [1.807, 2.05) is 17.9 Å². The number of halogens is 1. The molecule has 0 radical (unpaired) electrons. The van der Waals surface area contributed by atoms with Gasteiger partial charge in [-0.05, 0) is 76.6 Å². The summed E-state index contributed by atoms with van der Waals surface area (Å²) in [5.41, 5.74) is 0.917. The molecule has 2 N–H and O–H groups in total. The molecule has 0 saturated heterocycles. The van der Waals surface area contributed by atoms with Crippen LogP contribution in [-0.2, 0) is 17.8 Å². The molecule has 1 atom stereocenters. The number of aryl methyl sites for hydroxylation is 1. The molecule has 0 aromatic carbocycles. The third-order valence-corrected chi connectivity index (χ3v) is 9.85. The second-order valence-corrected chi connectivity index (χ2v) is 11.8. The van der Waals surface area contributed by atoms with Gasteiger partial charge in [0.25, 0.3) is 5.91 Å². The predicted octanol–water partition coefficient (Wildman–Crippen LogP) is 4.59. The number of carbonyl (C=O) groups is 2. The number of nitrogens with zero attached hydrogens (tertiary/aromatic N) is 2. The molecule has 1 aliphatic carbocycles. The SMILES string of the molecule is CCNCCCN1C(=O)c2cc3sc(CC)cc3n2CC1(C)C(=O)NC1CCC(CI)CC1. The van der Waals surface area contributed by atoms with Crippen molar-refractivity contribution in [3.05, 3.63) is 22.7 Å². The molecule has 0 bridgehead atoms. The Morgan fingerprint density at radius 3 is 2.67 bits per heavy atom. The van der Waals surface area contributed by atoms with Crippen molar-refractivity contribution < 1.29 is 9.59 Å². The van der Waals surface area contributed by atoms with Gasteiger partial charge in [-0.25, -0.2) is 0 Å². The van der Waals surface area contributed by atoms with Crippen LogP contribution >= 0.6 is 33.9 Å². The zero-order valence-corrected chi connectivity index (χ0v) is 23.1. The summed E-state index contributed by atoms with van der Waals surface area (Å²) in [6.07, 6.45) is 6.23. The first-order valence-electron chi connectivity index (χ1n) is 12.4. The molecule has 1 fully saturated rings. The fourth-order valence-electron chi connectivity index (χ4n) is 5.25. The van der Waals surface area contributed by atoms with Gasteiger partial charge in [0, 0.05) is 21.9 Å². The van der Waals surface area contributed by atoms with Crippen molar-refractivity contribution in [1.29, 1.82) is 0 Å². The molecule has 33 heavy (non-hydrogen) atoms. The van der Waals surface area contributed by atoms with Gasteiger partial charge in [0.05, 0.1) is 16.8 Å². The number of fused-ring (bicyclic) bond motifs is 3. The van der Waals surface area contributed by atoms with E-state index in [0.717, 1.165) is 60.6 Å². The number of alkyl halides is 1. The van der Waals surface area contributed by atoms with Gasteiger partial charge in [-0.15, -0.1) is 11.3 Å². The highest BCUT2D eigenvalue weighted by Gasteiger charge is 2.48. The standard InChI is InChI=1S/C25H37IN4O2S/c1-4-19-13-20-22(33-19)14-21-23(31)30(12-6-11-27-5-2)25(3,16-29(20)21)24(32)28-18-9-7-17(15-26)8-10-18/h13-14,17-18,27H,4-12,15-16H2,1-3H3,(H,28,32). The summed E-state index contributed by atoms with van der Waals surface area (Å²) in [7, 11) is 0. The first-order valence-corrected chi connectivity index (χ1v) is 14.8. The largest absolute Gasteiger partial charge is 0.351 e. The first-order chi connectivity index (χ1) is 15.9. The average molecular weight is 585 g/mol. The van der Waals surface area contributed by atoms with E-state index in [1.54, 1.807) is 11.3 Å². The Balaban J connectivity index is 1.60. The molecule has 1 saturated carbocycles. The molecule has 2 amide bonds. The zero-order chi connectivity index (χ0) is 23.6. The monoisotopic (exact) mass is 584 g/mol. The van der Waals surface area contributed by atoms with Crippen LogP contribution in [0.5, 0.6) is 0 Å². The molecular weight excluding hydrogens is 547 g/mol. The van der Waals surface area contributed by atoms with E-state index in [1.165, 1.54) is 22.1 Å². The molecule has 6 nitrogen and oxygen atoms in total. The minimum absolute atomic E-state index is 0.00401. The Labute approximate surface area is 215 Å². The molecule has 182 valence electrons. The number of hydrogen-bond acceptors (Lipinski definition) is 4. The minimum atomic E-state index is -0.892. The van der Waals surface area contributed by atoms with Crippen LogP contribution in [-0.4, -0.2) is 56.9 Å². The summed E-state index contributed by atoms with van der Waals surface area (Å²) in [5, 5.41) is 6.69. The van der Waals surface area contributed by atoms with Crippen molar-refractivity contribution in [1.82, 2.24) is 20.1 Å². The maximum atomic E-state index is 13.8. The van der Waals surface area contributed by atoms with E-state index in [4.69, 9.17) is 0 Å². The van der Waals surface area contributed by atoms with Crippen LogP contribution in [0.15, 0.2) is 12.1 Å². The van der Waals surface area contributed by atoms with Gasteiger partial charge in [0.15, 0.2) is 0 Å². The highest BCUT2D eigenvalue weighted by atomic mass is 127. The number of rotatable bonds is 9. The van der Waals surface area contributed by atoms with Crippen LogP contribution in [0.25, 0.3) is 10.2 Å². The fourth-order valence-corrected chi connectivity index (χ4v) is 7.18. The Kier molecular flexibility index (Phi) is 8.06. The lowest BCUT2D eigenvalue weighted by Gasteiger charge is -2.45. The molecule has 4 rings (SSSR count). The van der Waals surface area contributed by atoms with E-state index in [0.29, 0.717) is 13.1 Å². The number of thiophene rings is 1. The highest BCUT2D eigenvalue weighted by molar-refractivity contribution is 14.1. The van der Waals surface area contributed by atoms with Crippen molar-refractivity contribution in [3.8, 4) is 0 Å². The van der Waals surface area contributed by atoms with Crippen molar-refractivity contribution in [2.45, 2.75) is 77.4 Å². The molecule has 3 heterocycles. The van der Waals surface area contributed by atoms with Crippen LogP contribution in [0.3, 0.4) is 0 Å². The van der Waals surface area contributed by atoms with E-state index >= 15 is 0 Å². The van der Waals surface area contributed by atoms with E-state index in [2.05, 4.69) is 57.7 Å². The van der Waals surface area contributed by atoms with Crippen LogP contribution < -0.4 is 10.6 Å². The summed E-state index contributed by atoms with van der Waals surface area (Å²) in [6, 6.07) is 4.44. The van der Waals surface area contributed by atoms with E-state index in [9.17, 15) is 9.59 Å². The summed E-state index contributed by atoms with van der Waals surface area (Å²) >= 11 is 4.23. The van der Waals surface area contributed by atoms with Crippen LogP contribution in [0.2, 0.25) is 0 Å². The van der Waals surface area contributed by atoms with Gasteiger partial charge < -0.3 is 20.1 Å². The molecule has 2 aromatic heterocycles. The van der Waals surface area contributed by atoms with E-state index < -0.39 is 5.54 Å². The Hall–Kier alpha value is -1.13. The summed E-state index contributed by atoms with van der Waals surface area (Å²) in [6.45, 7) is 9.04. The fraction of sp³-hybridized carbons (Fsp3) is 0.680. The number of nitrogens with one attached hydrogen (secondary N) is 2. The Bertz CT molecular complexity index is 994. The van der Waals surface area contributed by atoms with Crippen molar-refractivity contribution in [2.24, 2.45) is 5.92 Å². The zero-order valence-electron chi connectivity index (χ0n) is 20.1. The van der Waals surface area contributed by atoms with Crippen LogP contribution in [0.4, 0.5) is 0 Å². The topological polar surface area (TPSA) is 66.4 Å². The Morgan fingerprint density at radius 2 is 2.00 bits per heavy atom. The minimum Gasteiger partial charge on any atom is -0.351 e. The maximum Gasteiger partial charge on any atom is 0.271 e. The van der Waals surface area contributed by atoms with Gasteiger partial charge in [-0.1, -0.05) is 36.4 Å². The van der Waals surface area contributed by atoms with Crippen LogP contribution in [0, 0.1) is 5.92 Å². The summed E-state index contributed by atoms with van der Waals surface area (Å²) in [5.74, 6) is 0.747. The van der Waals surface area contributed by atoms with Crippen molar-refractivity contribution in [3.63, 3.8) is 0 Å². The van der Waals surface area contributed by atoms with Gasteiger partial charge >= 0.3 is 0 Å². The van der Waals surface area contributed by atoms with Gasteiger partial charge in [-0.3, -0.25) is 9.59 Å². The lowest BCUT2D eigenvalue weighted by atomic mass is 9.86. The molecular formula is C25H37IN4O2S. The second kappa shape index (κ2) is 10.6. The van der Waals surface area contributed by atoms with Gasteiger partial charge in [0.1, 0.15) is 11.2 Å². The molecule has 1 aliphatic heterocycles. The maximum absolute atomic E-state index is 13.8. The normalized spacial score (nSPS) is 25.5. The summed E-state index contributed by atoms with van der Waals surface area (Å²) in [4.78, 5) is 30.6. The number of carbonyl (C=O) groups excluding carboxylic acids is 2. The average Bonchev–Trinajstić information content (AvgIpc) is 3.37. The molecule has 0 spiro atoms. The first kappa shape index (κ1) is 25.0. The lowest BCUT2D eigenvalue weighted by molar-refractivity contribution is -0.133. The number of hydrogen-bond donors (Lipinski definition) is 2. The third kappa shape index (κ3) is 4.98. The van der Waals surface area contributed by atoms with E-state index in [-0.39, 0.29) is 17.9 Å². The number of aromatic nitrogens is 1. The molecule has 1 unspecified atom stereocenters. The Morgan fingerprint density at radius 1 is 1.24 bits per heavy atom. The molecule has 2 aliphatic rings. The van der Waals surface area contributed by atoms with Crippen molar-refractivity contribution >= 4 is 56.0 Å². The van der Waals surface area contributed by atoms with Crippen molar-refractivity contribution in [2.75, 3.05) is 24.1 Å². The quantitative estimate of drug-likeness (QED) is 0.258. The number of amides is 2. The van der Waals surface area contributed by atoms with Crippen LogP contribution in [0.1, 0.15) is 68.2 Å². The molecule has 8 heteroatoms. The summed E-state index contributed by atoms with van der Waals surface area (Å²) < 4.78 is 4.43. The molecule has 2 aromatic rings. The second-order valence-electron chi connectivity index (χ2n) is 9.71. The highest BCUT2D eigenvalue weighted by Crippen LogP contribution is 2.36. The van der Waals surface area contributed by atoms with Gasteiger partial charge in [-0.2, -0.15) is 0 Å².